The first-order chi connectivity index (χ1) is 10.0. The Hall–Kier alpha value is -2.04. The molecule has 0 heterocycles. The summed E-state index contributed by atoms with van der Waals surface area (Å²) in [5.41, 5.74) is 0.823. The standard InChI is InChI=1S/C15H11Cl2NO3/c16-11-4-1-3-10(7-11)15(20)21-9-14(19)18-13-6-2-5-12(17)8-13/h1-8H,9H2,(H,18,19). The number of hydrogen-bond acceptors (Lipinski definition) is 3. The third-order valence-corrected chi connectivity index (χ3v) is 2.97. The summed E-state index contributed by atoms with van der Waals surface area (Å²) >= 11 is 11.6. The van der Waals surface area contributed by atoms with Gasteiger partial charge in [0.05, 0.1) is 5.56 Å². The van der Waals surface area contributed by atoms with Crippen LogP contribution in [0, 0.1) is 0 Å². The van der Waals surface area contributed by atoms with Crippen LogP contribution in [0.15, 0.2) is 48.5 Å². The molecule has 1 N–H and O–H groups in total. The van der Waals surface area contributed by atoms with Crippen molar-refractivity contribution >= 4 is 40.8 Å². The smallest absolute Gasteiger partial charge is 0.338 e. The van der Waals surface area contributed by atoms with Gasteiger partial charge in [-0.2, -0.15) is 0 Å². The second-order valence-electron chi connectivity index (χ2n) is 4.15. The molecule has 0 spiro atoms. The zero-order valence-corrected chi connectivity index (χ0v) is 12.3. The van der Waals surface area contributed by atoms with E-state index in [1.165, 1.54) is 6.07 Å². The molecule has 0 aliphatic rings. The van der Waals surface area contributed by atoms with Gasteiger partial charge in [0.1, 0.15) is 0 Å². The first-order valence-corrected chi connectivity index (χ1v) is 6.78. The maximum atomic E-state index is 11.7. The van der Waals surface area contributed by atoms with Crippen molar-refractivity contribution in [2.24, 2.45) is 0 Å². The van der Waals surface area contributed by atoms with Crippen LogP contribution < -0.4 is 5.32 Å². The van der Waals surface area contributed by atoms with Gasteiger partial charge in [0.2, 0.25) is 0 Å². The van der Waals surface area contributed by atoms with Crippen molar-refractivity contribution in [2.45, 2.75) is 0 Å². The molecule has 0 atom stereocenters. The number of halogens is 2. The Kier molecular flexibility index (Phi) is 5.20. The number of carbonyl (C=O) groups excluding carboxylic acids is 2. The minimum atomic E-state index is -0.612. The summed E-state index contributed by atoms with van der Waals surface area (Å²) in [7, 11) is 0. The van der Waals surface area contributed by atoms with Crippen molar-refractivity contribution < 1.29 is 14.3 Å². The molecule has 0 saturated heterocycles. The fourth-order valence-electron chi connectivity index (χ4n) is 1.59. The van der Waals surface area contributed by atoms with Crippen LogP contribution in [0.2, 0.25) is 10.0 Å². The number of anilines is 1. The number of amides is 1. The molecule has 21 heavy (non-hydrogen) atoms. The highest BCUT2D eigenvalue weighted by molar-refractivity contribution is 6.31. The molecule has 0 unspecified atom stereocenters. The van der Waals surface area contributed by atoms with E-state index in [9.17, 15) is 9.59 Å². The van der Waals surface area contributed by atoms with Gasteiger partial charge in [0.25, 0.3) is 5.91 Å². The molecular formula is C15H11Cl2NO3. The molecule has 0 aliphatic carbocycles. The normalized spacial score (nSPS) is 10.0. The quantitative estimate of drug-likeness (QED) is 0.871. The van der Waals surface area contributed by atoms with Crippen molar-refractivity contribution in [3.8, 4) is 0 Å². The van der Waals surface area contributed by atoms with Crippen molar-refractivity contribution in [3.05, 3.63) is 64.1 Å². The lowest BCUT2D eigenvalue weighted by Gasteiger charge is -2.07. The summed E-state index contributed by atoms with van der Waals surface area (Å²) in [6, 6.07) is 13.0. The molecule has 0 fully saturated rings. The Morgan fingerprint density at radius 3 is 2.33 bits per heavy atom. The predicted octanol–water partition coefficient (Wildman–Crippen LogP) is 3.79. The van der Waals surface area contributed by atoms with E-state index >= 15 is 0 Å². The molecule has 2 rings (SSSR count). The van der Waals surface area contributed by atoms with E-state index in [0.717, 1.165) is 0 Å². The largest absolute Gasteiger partial charge is 0.452 e. The van der Waals surface area contributed by atoms with Gasteiger partial charge in [0, 0.05) is 15.7 Å². The van der Waals surface area contributed by atoms with Crippen LogP contribution in [0.1, 0.15) is 10.4 Å². The van der Waals surface area contributed by atoms with Crippen molar-refractivity contribution in [1.82, 2.24) is 0 Å². The number of nitrogens with one attached hydrogen (secondary N) is 1. The summed E-state index contributed by atoms with van der Waals surface area (Å²) < 4.78 is 4.90. The maximum absolute atomic E-state index is 11.7. The van der Waals surface area contributed by atoms with Crippen LogP contribution in [0.5, 0.6) is 0 Å². The van der Waals surface area contributed by atoms with Gasteiger partial charge < -0.3 is 10.1 Å². The minimum absolute atomic E-state index is 0.290. The number of rotatable bonds is 4. The summed E-state index contributed by atoms with van der Waals surface area (Å²) in [5, 5.41) is 3.50. The number of ether oxygens (including phenoxy) is 1. The fourth-order valence-corrected chi connectivity index (χ4v) is 1.97. The average Bonchev–Trinajstić information content (AvgIpc) is 2.45. The van der Waals surface area contributed by atoms with E-state index in [1.54, 1.807) is 42.5 Å². The van der Waals surface area contributed by atoms with Crippen molar-refractivity contribution in [3.63, 3.8) is 0 Å². The minimum Gasteiger partial charge on any atom is -0.452 e. The van der Waals surface area contributed by atoms with Gasteiger partial charge in [-0.05, 0) is 36.4 Å². The molecule has 0 aromatic heterocycles. The lowest BCUT2D eigenvalue weighted by Crippen LogP contribution is -2.20. The van der Waals surface area contributed by atoms with E-state index in [0.29, 0.717) is 15.7 Å². The van der Waals surface area contributed by atoms with E-state index in [2.05, 4.69) is 5.32 Å². The van der Waals surface area contributed by atoms with Crippen LogP contribution in [-0.4, -0.2) is 18.5 Å². The van der Waals surface area contributed by atoms with Gasteiger partial charge in [0.15, 0.2) is 6.61 Å². The molecule has 0 aliphatic heterocycles. The Morgan fingerprint density at radius 2 is 1.67 bits per heavy atom. The highest BCUT2D eigenvalue weighted by Gasteiger charge is 2.10. The third-order valence-electron chi connectivity index (χ3n) is 2.50. The summed E-state index contributed by atoms with van der Waals surface area (Å²) in [5.74, 6) is -1.06. The molecule has 6 heteroatoms. The van der Waals surface area contributed by atoms with Gasteiger partial charge >= 0.3 is 5.97 Å². The van der Waals surface area contributed by atoms with E-state index in [1.807, 2.05) is 0 Å². The second kappa shape index (κ2) is 7.11. The SMILES string of the molecule is O=C(COC(=O)c1cccc(Cl)c1)Nc1cccc(Cl)c1. The van der Waals surface area contributed by atoms with Gasteiger partial charge in [-0.3, -0.25) is 4.79 Å². The highest BCUT2D eigenvalue weighted by atomic mass is 35.5. The van der Waals surface area contributed by atoms with E-state index in [-0.39, 0.29) is 5.56 Å². The first-order valence-electron chi connectivity index (χ1n) is 6.03. The summed E-state index contributed by atoms with van der Waals surface area (Å²) in [6.45, 7) is -0.391. The van der Waals surface area contributed by atoms with Crippen LogP contribution in [0.3, 0.4) is 0 Å². The monoisotopic (exact) mass is 323 g/mol. The zero-order chi connectivity index (χ0) is 15.2. The van der Waals surface area contributed by atoms with Crippen molar-refractivity contribution in [2.75, 3.05) is 11.9 Å². The second-order valence-corrected chi connectivity index (χ2v) is 5.02. The lowest BCUT2D eigenvalue weighted by atomic mass is 10.2. The first kappa shape index (κ1) is 15.4. The Bertz CT molecular complexity index is 673. The van der Waals surface area contributed by atoms with E-state index in [4.69, 9.17) is 27.9 Å². The van der Waals surface area contributed by atoms with Crippen LogP contribution in [0.25, 0.3) is 0 Å². The molecule has 2 aromatic rings. The highest BCUT2D eigenvalue weighted by Crippen LogP contribution is 2.15. The van der Waals surface area contributed by atoms with Gasteiger partial charge in [-0.1, -0.05) is 35.3 Å². The molecule has 1 amide bonds. The Morgan fingerprint density at radius 1 is 1.00 bits per heavy atom. The zero-order valence-electron chi connectivity index (χ0n) is 10.8. The molecule has 0 saturated carbocycles. The summed E-state index contributed by atoms with van der Waals surface area (Å²) in [6.07, 6.45) is 0. The van der Waals surface area contributed by atoms with Gasteiger partial charge in [-0.15, -0.1) is 0 Å². The van der Waals surface area contributed by atoms with Crippen LogP contribution >= 0.6 is 23.2 Å². The fraction of sp³-hybridized carbons (Fsp3) is 0.0667. The molecule has 0 bridgehead atoms. The molecular weight excluding hydrogens is 313 g/mol. The van der Waals surface area contributed by atoms with Gasteiger partial charge in [-0.25, -0.2) is 4.79 Å². The maximum Gasteiger partial charge on any atom is 0.338 e. The van der Waals surface area contributed by atoms with Crippen LogP contribution in [0.4, 0.5) is 5.69 Å². The molecule has 4 nitrogen and oxygen atoms in total. The Balaban J connectivity index is 1.88. The van der Waals surface area contributed by atoms with E-state index < -0.39 is 18.5 Å². The Labute approximate surface area is 131 Å². The van der Waals surface area contributed by atoms with Crippen LogP contribution in [-0.2, 0) is 9.53 Å². The average molecular weight is 324 g/mol. The predicted molar refractivity (Wildman–Crippen MR) is 81.8 cm³/mol. The third kappa shape index (κ3) is 4.77. The molecule has 0 radical (unpaired) electrons. The summed E-state index contributed by atoms with van der Waals surface area (Å²) in [4.78, 5) is 23.4. The van der Waals surface area contributed by atoms with Crippen molar-refractivity contribution in [1.29, 1.82) is 0 Å². The lowest BCUT2D eigenvalue weighted by molar-refractivity contribution is -0.119. The topological polar surface area (TPSA) is 55.4 Å². The molecule has 108 valence electrons. The number of benzene rings is 2. The molecule has 2 aromatic carbocycles. The number of carbonyl (C=O) groups is 2. The number of esters is 1. The number of hydrogen-bond donors (Lipinski definition) is 1.